The van der Waals surface area contributed by atoms with Crippen molar-refractivity contribution in [2.45, 2.75) is 25.8 Å². The highest BCUT2D eigenvalue weighted by Crippen LogP contribution is 2.25. The van der Waals surface area contributed by atoms with Gasteiger partial charge in [-0.05, 0) is 53.9 Å². The minimum absolute atomic E-state index is 0.00390. The molecule has 0 spiro atoms. The molecule has 0 aliphatic carbocycles. The summed E-state index contributed by atoms with van der Waals surface area (Å²) in [5.74, 6) is 0.603. The summed E-state index contributed by atoms with van der Waals surface area (Å²) < 4.78 is 5.25. The van der Waals surface area contributed by atoms with Gasteiger partial charge in [0.15, 0.2) is 0 Å². The third-order valence-electron chi connectivity index (χ3n) is 4.51. The molecule has 0 radical (unpaired) electrons. The molecule has 1 amide bonds. The third-order valence-corrected chi connectivity index (χ3v) is 4.51. The molecule has 0 fully saturated rings. The van der Waals surface area contributed by atoms with E-state index in [1.54, 1.807) is 19.5 Å². The van der Waals surface area contributed by atoms with Crippen LogP contribution >= 0.6 is 0 Å². The molecule has 3 aromatic rings. The lowest BCUT2D eigenvalue weighted by Gasteiger charge is -2.18. The lowest BCUT2D eigenvalue weighted by Crippen LogP contribution is -2.30. The van der Waals surface area contributed by atoms with E-state index in [0.717, 1.165) is 27.6 Å². The van der Waals surface area contributed by atoms with E-state index in [1.807, 2.05) is 56.3 Å². The number of aromatic nitrogens is 1. The Morgan fingerprint density at radius 1 is 1.04 bits per heavy atom. The Kier molecular flexibility index (Phi) is 4.98. The number of nitrogens with zero attached hydrogens (tertiary/aromatic N) is 1. The molecule has 1 N–H and O–H groups in total. The quantitative estimate of drug-likeness (QED) is 0.760. The van der Waals surface area contributed by atoms with E-state index in [-0.39, 0.29) is 17.9 Å². The number of hydrogen-bond acceptors (Lipinski definition) is 3. The molecule has 128 valence electrons. The van der Waals surface area contributed by atoms with E-state index >= 15 is 0 Å². The summed E-state index contributed by atoms with van der Waals surface area (Å²) in [6.45, 7) is 3.89. The van der Waals surface area contributed by atoms with Crippen LogP contribution < -0.4 is 10.1 Å². The van der Waals surface area contributed by atoms with Crippen LogP contribution in [0.4, 0.5) is 0 Å². The van der Waals surface area contributed by atoms with Crippen LogP contribution in [0.25, 0.3) is 10.8 Å². The standard InChI is InChI=1S/C21H22N2O2/c1-14(21(24)23-15(2)19-5-4-10-22-13-19)16-6-7-18-12-20(25-3)9-8-17(18)11-16/h4-15H,1-3H3,(H,23,24)/t14-,15?/m0/s1. The van der Waals surface area contributed by atoms with Gasteiger partial charge in [-0.3, -0.25) is 9.78 Å². The van der Waals surface area contributed by atoms with Gasteiger partial charge in [-0.1, -0.05) is 30.3 Å². The highest BCUT2D eigenvalue weighted by atomic mass is 16.5. The predicted molar refractivity (Wildman–Crippen MR) is 99.7 cm³/mol. The lowest BCUT2D eigenvalue weighted by atomic mass is 9.96. The molecule has 1 heterocycles. The van der Waals surface area contributed by atoms with Crippen molar-refractivity contribution in [1.82, 2.24) is 10.3 Å². The predicted octanol–water partition coefficient (Wildman–Crippen LogP) is 4.22. The van der Waals surface area contributed by atoms with Crippen LogP contribution in [0.3, 0.4) is 0 Å². The van der Waals surface area contributed by atoms with Crippen molar-refractivity contribution in [2.24, 2.45) is 0 Å². The summed E-state index contributed by atoms with van der Waals surface area (Å²) in [7, 11) is 1.66. The fraction of sp³-hybridized carbons (Fsp3) is 0.238. The molecular formula is C21H22N2O2. The number of pyridine rings is 1. The smallest absolute Gasteiger partial charge is 0.227 e. The molecule has 4 heteroatoms. The van der Waals surface area contributed by atoms with Crippen LogP contribution in [0, 0.1) is 0 Å². The molecule has 1 aromatic heterocycles. The Hall–Kier alpha value is -2.88. The van der Waals surface area contributed by atoms with E-state index in [9.17, 15) is 4.79 Å². The van der Waals surface area contributed by atoms with Gasteiger partial charge in [0, 0.05) is 12.4 Å². The number of methoxy groups -OCH3 is 1. The Balaban J connectivity index is 1.76. The molecule has 0 saturated heterocycles. The second-order valence-corrected chi connectivity index (χ2v) is 6.21. The molecule has 4 nitrogen and oxygen atoms in total. The van der Waals surface area contributed by atoms with Crippen LogP contribution in [-0.4, -0.2) is 18.0 Å². The van der Waals surface area contributed by atoms with Gasteiger partial charge in [0.05, 0.1) is 19.1 Å². The first-order valence-corrected chi connectivity index (χ1v) is 8.36. The summed E-state index contributed by atoms with van der Waals surface area (Å²) in [6, 6.07) is 15.8. The zero-order valence-electron chi connectivity index (χ0n) is 14.7. The second kappa shape index (κ2) is 7.34. The number of nitrogens with one attached hydrogen (secondary N) is 1. The number of rotatable bonds is 5. The first-order valence-electron chi connectivity index (χ1n) is 8.36. The maximum absolute atomic E-state index is 12.6. The summed E-state index contributed by atoms with van der Waals surface area (Å²) in [6.07, 6.45) is 3.50. The van der Waals surface area contributed by atoms with Crippen LogP contribution in [0.15, 0.2) is 60.9 Å². The summed E-state index contributed by atoms with van der Waals surface area (Å²) in [5, 5.41) is 5.25. The first kappa shape index (κ1) is 17.0. The molecule has 0 aliphatic rings. The molecule has 1 unspecified atom stereocenters. The van der Waals surface area contributed by atoms with Crippen molar-refractivity contribution in [2.75, 3.05) is 7.11 Å². The van der Waals surface area contributed by atoms with Gasteiger partial charge >= 0.3 is 0 Å². The van der Waals surface area contributed by atoms with Gasteiger partial charge < -0.3 is 10.1 Å². The Labute approximate surface area is 147 Å². The summed E-state index contributed by atoms with van der Waals surface area (Å²) >= 11 is 0. The average molecular weight is 334 g/mol. The topological polar surface area (TPSA) is 51.2 Å². The van der Waals surface area contributed by atoms with Gasteiger partial charge in [0.25, 0.3) is 0 Å². The normalized spacial score (nSPS) is 13.2. The molecule has 0 aliphatic heterocycles. The van der Waals surface area contributed by atoms with Crippen molar-refractivity contribution >= 4 is 16.7 Å². The van der Waals surface area contributed by atoms with Crippen molar-refractivity contribution < 1.29 is 9.53 Å². The van der Waals surface area contributed by atoms with Gasteiger partial charge in [0.1, 0.15) is 5.75 Å². The maximum atomic E-state index is 12.6. The number of hydrogen-bond donors (Lipinski definition) is 1. The van der Waals surface area contributed by atoms with Crippen molar-refractivity contribution in [1.29, 1.82) is 0 Å². The van der Waals surface area contributed by atoms with Gasteiger partial charge in [0.2, 0.25) is 5.91 Å². The van der Waals surface area contributed by atoms with Crippen molar-refractivity contribution in [3.8, 4) is 5.75 Å². The van der Waals surface area contributed by atoms with E-state index in [0.29, 0.717) is 0 Å². The number of fused-ring (bicyclic) bond motifs is 1. The van der Waals surface area contributed by atoms with E-state index in [1.165, 1.54) is 0 Å². The van der Waals surface area contributed by atoms with Gasteiger partial charge in [-0.2, -0.15) is 0 Å². The SMILES string of the molecule is COc1ccc2cc([C@H](C)C(=O)NC(C)c3cccnc3)ccc2c1. The van der Waals surface area contributed by atoms with E-state index < -0.39 is 0 Å². The first-order chi connectivity index (χ1) is 12.1. The van der Waals surface area contributed by atoms with Crippen LogP contribution in [0.5, 0.6) is 5.75 Å². The third kappa shape index (κ3) is 3.79. The van der Waals surface area contributed by atoms with Crippen molar-refractivity contribution in [3.05, 3.63) is 72.1 Å². The minimum atomic E-state index is -0.231. The second-order valence-electron chi connectivity index (χ2n) is 6.21. The molecule has 0 saturated carbocycles. The van der Waals surface area contributed by atoms with Gasteiger partial charge in [-0.25, -0.2) is 0 Å². The number of carbonyl (C=O) groups excluding carboxylic acids is 1. The minimum Gasteiger partial charge on any atom is -0.497 e. The largest absolute Gasteiger partial charge is 0.497 e. The summed E-state index contributed by atoms with van der Waals surface area (Å²) in [5.41, 5.74) is 1.99. The lowest BCUT2D eigenvalue weighted by molar-refractivity contribution is -0.122. The molecule has 3 rings (SSSR count). The van der Waals surface area contributed by atoms with Crippen LogP contribution in [0.2, 0.25) is 0 Å². The highest BCUT2D eigenvalue weighted by molar-refractivity contribution is 5.88. The highest BCUT2D eigenvalue weighted by Gasteiger charge is 2.18. The fourth-order valence-corrected chi connectivity index (χ4v) is 2.84. The fourth-order valence-electron chi connectivity index (χ4n) is 2.84. The maximum Gasteiger partial charge on any atom is 0.227 e. The molecule has 0 bridgehead atoms. The number of benzene rings is 2. The molecular weight excluding hydrogens is 312 g/mol. The van der Waals surface area contributed by atoms with E-state index in [2.05, 4.69) is 16.4 Å². The summed E-state index contributed by atoms with van der Waals surface area (Å²) in [4.78, 5) is 16.7. The Bertz CT molecular complexity index is 877. The Morgan fingerprint density at radius 3 is 2.52 bits per heavy atom. The molecule has 25 heavy (non-hydrogen) atoms. The number of amides is 1. The molecule has 2 atom stereocenters. The molecule has 2 aromatic carbocycles. The van der Waals surface area contributed by atoms with Crippen LogP contribution in [-0.2, 0) is 4.79 Å². The van der Waals surface area contributed by atoms with Crippen molar-refractivity contribution in [3.63, 3.8) is 0 Å². The number of carbonyl (C=O) groups is 1. The van der Waals surface area contributed by atoms with Crippen LogP contribution in [0.1, 0.15) is 36.9 Å². The zero-order valence-corrected chi connectivity index (χ0v) is 14.7. The monoisotopic (exact) mass is 334 g/mol. The van der Waals surface area contributed by atoms with E-state index in [4.69, 9.17) is 4.74 Å². The average Bonchev–Trinajstić information content (AvgIpc) is 2.67. The number of ether oxygens (including phenoxy) is 1. The zero-order chi connectivity index (χ0) is 17.8. The Morgan fingerprint density at radius 2 is 1.80 bits per heavy atom. The van der Waals surface area contributed by atoms with Gasteiger partial charge in [-0.15, -0.1) is 0 Å².